The molecule has 2 heterocycles. The van der Waals surface area contributed by atoms with Gasteiger partial charge in [0, 0.05) is 39.0 Å². The fourth-order valence-electron chi connectivity index (χ4n) is 1.80. The van der Waals surface area contributed by atoms with Crippen molar-refractivity contribution in [3.05, 3.63) is 5.01 Å². The molecule has 0 aromatic carbocycles. The number of amides is 1. The Morgan fingerprint density at radius 3 is 2.35 bits per heavy atom. The molecule has 0 bridgehead atoms. The summed E-state index contributed by atoms with van der Waals surface area (Å²) in [6.45, 7) is 9.14. The van der Waals surface area contributed by atoms with Gasteiger partial charge in [-0.1, -0.05) is 25.2 Å². The zero-order chi connectivity index (χ0) is 12.4. The number of nitrogens with zero attached hydrogens (tertiary/aromatic N) is 4. The van der Waals surface area contributed by atoms with Crippen molar-refractivity contribution < 1.29 is 4.79 Å². The minimum atomic E-state index is 0.157. The Morgan fingerprint density at radius 1 is 1.24 bits per heavy atom. The van der Waals surface area contributed by atoms with Gasteiger partial charge in [-0.3, -0.25) is 4.79 Å². The van der Waals surface area contributed by atoms with E-state index in [1.165, 1.54) is 0 Å². The van der Waals surface area contributed by atoms with Crippen LogP contribution in [0.25, 0.3) is 0 Å². The molecule has 1 aromatic heterocycles. The topological polar surface area (TPSA) is 49.3 Å². The summed E-state index contributed by atoms with van der Waals surface area (Å²) >= 11 is 1.66. The molecule has 5 nitrogen and oxygen atoms in total. The molecule has 0 atom stereocenters. The second-order valence-corrected chi connectivity index (χ2v) is 5.56. The second-order valence-electron chi connectivity index (χ2n) is 4.57. The van der Waals surface area contributed by atoms with Crippen LogP contribution in [0.3, 0.4) is 0 Å². The lowest BCUT2D eigenvalue weighted by Crippen LogP contribution is -2.48. The number of carbonyl (C=O) groups excluding carboxylic acids is 1. The second kappa shape index (κ2) is 5.00. The normalized spacial score (nSPS) is 16.7. The van der Waals surface area contributed by atoms with Crippen molar-refractivity contribution >= 4 is 22.4 Å². The van der Waals surface area contributed by atoms with Gasteiger partial charge in [0.15, 0.2) is 0 Å². The molecular formula is C11H18N4OS. The molecule has 0 N–H and O–H groups in total. The van der Waals surface area contributed by atoms with Crippen molar-refractivity contribution in [2.45, 2.75) is 26.7 Å². The van der Waals surface area contributed by atoms with Crippen LogP contribution in [0.15, 0.2) is 0 Å². The maximum absolute atomic E-state index is 11.2. The third kappa shape index (κ3) is 2.74. The van der Waals surface area contributed by atoms with Gasteiger partial charge in [0.25, 0.3) is 0 Å². The predicted molar refractivity (Wildman–Crippen MR) is 68.5 cm³/mol. The van der Waals surface area contributed by atoms with Crippen LogP contribution in [0.2, 0.25) is 0 Å². The van der Waals surface area contributed by atoms with E-state index < -0.39 is 0 Å². The predicted octanol–water partition coefficient (Wildman–Crippen LogP) is 1.33. The van der Waals surface area contributed by atoms with Crippen LogP contribution >= 0.6 is 11.3 Å². The van der Waals surface area contributed by atoms with E-state index in [0.717, 1.165) is 36.3 Å². The maximum atomic E-state index is 11.2. The molecule has 1 aromatic rings. The highest BCUT2D eigenvalue weighted by atomic mass is 32.1. The van der Waals surface area contributed by atoms with Gasteiger partial charge in [0.05, 0.1) is 0 Å². The Balaban J connectivity index is 1.98. The van der Waals surface area contributed by atoms with Gasteiger partial charge in [0.1, 0.15) is 5.01 Å². The van der Waals surface area contributed by atoms with Crippen LogP contribution in [0.1, 0.15) is 31.7 Å². The van der Waals surface area contributed by atoms with Crippen LogP contribution in [0, 0.1) is 0 Å². The molecule has 0 spiro atoms. The number of carbonyl (C=O) groups is 1. The Morgan fingerprint density at radius 2 is 1.88 bits per heavy atom. The first-order valence-electron chi connectivity index (χ1n) is 5.92. The summed E-state index contributed by atoms with van der Waals surface area (Å²) in [5.74, 6) is 0.588. The molecule has 2 rings (SSSR count). The van der Waals surface area contributed by atoms with Crippen LogP contribution in [-0.2, 0) is 4.79 Å². The number of hydrogen-bond acceptors (Lipinski definition) is 5. The molecule has 1 amide bonds. The largest absolute Gasteiger partial charge is 0.343 e. The number of piperazine rings is 1. The average molecular weight is 254 g/mol. The third-order valence-corrected chi connectivity index (χ3v) is 4.20. The van der Waals surface area contributed by atoms with E-state index >= 15 is 0 Å². The molecule has 0 aliphatic carbocycles. The molecule has 17 heavy (non-hydrogen) atoms. The Hall–Kier alpha value is -1.17. The molecule has 6 heteroatoms. The van der Waals surface area contributed by atoms with Gasteiger partial charge >= 0.3 is 0 Å². The minimum Gasteiger partial charge on any atom is -0.343 e. The van der Waals surface area contributed by atoms with Gasteiger partial charge in [-0.25, -0.2) is 0 Å². The molecule has 1 saturated heterocycles. The molecule has 0 unspecified atom stereocenters. The number of aromatic nitrogens is 2. The van der Waals surface area contributed by atoms with Crippen molar-refractivity contribution in [1.82, 2.24) is 15.1 Å². The smallest absolute Gasteiger partial charge is 0.219 e. The van der Waals surface area contributed by atoms with E-state index in [0.29, 0.717) is 5.92 Å². The Bertz CT molecular complexity index is 396. The molecule has 1 fully saturated rings. The van der Waals surface area contributed by atoms with Crippen LogP contribution < -0.4 is 4.90 Å². The highest BCUT2D eigenvalue weighted by Crippen LogP contribution is 2.26. The van der Waals surface area contributed by atoms with E-state index in [1.54, 1.807) is 18.3 Å². The summed E-state index contributed by atoms with van der Waals surface area (Å²) in [6, 6.07) is 0. The summed E-state index contributed by atoms with van der Waals surface area (Å²) in [5.41, 5.74) is 0. The number of rotatable bonds is 2. The van der Waals surface area contributed by atoms with E-state index in [4.69, 9.17) is 0 Å². The standard InChI is InChI=1S/C11H18N4OS/c1-8(2)10-12-13-11(17-10)15-6-4-14(5-7-15)9(3)16/h8H,4-7H2,1-3H3. The zero-order valence-electron chi connectivity index (χ0n) is 10.5. The van der Waals surface area contributed by atoms with Crippen LogP contribution in [0.5, 0.6) is 0 Å². The number of anilines is 1. The lowest BCUT2D eigenvalue weighted by atomic mass is 10.2. The van der Waals surface area contributed by atoms with Gasteiger partial charge in [0.2, 0.25) is 11.0 Å². The highest BCUT2D eigenvalue weighted by molar-refractivity contribution is 7.15. The molecular weight excluding hydrogens is 236 g/mol. The molecule has 0 radical (unpaired) electrons. The molecule has 1 aliphatic heterocycles. The lowest BCUT2D eigenvalue weighted by Gasteiger charge is -2.33. The van der Waals surface area contributed by atoms with Crippen molar-refractivity contribution in [2.24, 2.45) is 0 Å². The van der Waals surface area contributed by atoms with E-state index in [-0.39, 0.29) is 5.91 Å². The first-order chi connectivity index (χ1) is 8.08. The van der Waals surface area contributed by atoms with E-state index in [2.05, 4.69) is 28.9 Å². The van der Waals surface area contributed by atoms with Crippen LogP contribution in [0.4, 0.5) is 5.13 Å². The highest BCUT2D eigenvalue weighted by Gasteiger charge is 2.21. The summed E-state index contributed by atoms with van der Waals surface area (Å²) in [5, 5.41) is 10.5. The molecule has 1 aliphatic rings. The van der Waals surface area contributed by atoms with Gasteiger partial charge < -0.3 is 9.80 Å². The Kier molecular flexibility index (Phi) is 3.61. The minimum absolute atomic E-state index is 0.157. The SMILES string of the molecule is CC(=O)N1CCN(c2nnc(C(C)C)s2)CC1. The fraction of sp³-hybridized carbons (Fsp3) is 0.727. The monoisotopic (exact) mass is 254 g/mol. The first kappa shape index (κ1) is 12.3. The maximum Gasteiger partial charge on any atom is 0.219 e. The average Bonchev–Trinajstić information content (AvgIpc) is 2.78. The van der Waals surface area contributed by atoms with Crippen molar-refractivity contribution in [3.8, 4) is 0 Å². The lowest BCUT2D eigenvalue weighted by molar-refractivity contribution is -0.129. The summed E-state index contributed by atoms with van der Waals surface area (Å²) < 4.78 is 0. The van der Waals surface area contributed by atoms with Crippen molar-refractivity contribution in [3.63, 3.8) is 0 Å². The zero-order valence-corrected chi connectivity index (χ0v) is 11.3. The Labute approximate surface area is 105 Å². The van der Waals surface area contributed by atoms with Crippen molar-refractivity contribution in [1.29, 1.82) is 0 Å². The van der Waals surface area contributed by atoms with Crippen molar-refractivity contribution in [2.75, 3.05) is 31.1 Å². The van der Waals surface area contributed by atoms with Gasteiger partial charge in [-0.05, 0) is 0 Å². The van der Waals surface area contributed by atoms with E-state index in [1.807, 2.05) is 4.90 Å². The van der Waals surface area contributed by atoms with Gasteiger partial charge in [-0.2, -0.15) is 0 Å². The summed E-state index contributed by atoms with van der Waals surface area (Å²) in [4.78, 5) is 15.3. The summed E-state index contributed by atoms with van der Waals surface area (Å²) in [6.07, 6.45) is 0. The van der Waals surface area contributed by atoms with Crippen LogP contribution in [-0.4, -0.2) is 47.2 Å². The third-order valence-electron chi connectivity index (χ3n) is 2.92. The fourth-order valence-corrected chi connectivity index (χ4v) is 2.70. The summed E-state index contributed by atoms with van der Waals surface area (Å²) in [7, 11) is 0. The number of hydrogen-bond donors (Lipinski definition) is 0. The molecule has 0 saturated carbocycles. The molecule has 94 valence electrons. The first-order valence-corrected chi connectivity index (χ1v) is 6.73. The van der Waals surface area contributed by atoms with Gasteiger partial charge in [-0.15, -0.1) is 10.2 Å². The quantitative estimate of drug-likeness (QED) is 0.799. The van der Waals surface area contributed by atoms with E-state index in [9.17, 15) is 4.79 Å².